The smallest absolute Gasteiger partial charge is 0.332 e. The number of aromatic nitrogens is 1. The molecule has 2 N–H and O–H groups in total. The standard InChI is InChI=1S/C11H14N2OS2.ClH/c1-14-8-3-4-10-9(7-8)13(5-6-15-2)11(12)16-10;/h3-4,7,12H,5-6H2,1-2H3;1H. The Bertz CT molecular complexity index is 501. The molecule has 0 amide bonds. The van der Waals surface area contributed by atoms with Gasteiger partial charge in [-0.25, -0.2) is 4.57 Å². The molecule has 0 atom stereocenters. The van der Waals surface area contributed by atoms with Crippen molar-refractivity contribution >= 4 is 38.4 Å². The number of methoxy groups -OCH3 is 1. The summed E-state index contributed by atoms with van der Waals surface area (Å²) in [5, 5.41) is 0.859. The lowest BCUT2D eigenvalue weighted by Gasteiger charge is -2.00. The van der Waals surface area contributed by atoms with E-state index in [4.69, 9.17) is 10.5 Å². The lowest BCUT2D eigenvalue weighted by molar-refractivity contribution is -0.648. The molecule has 0 aliphatic carbocycles. The average molecular weight is 291 g/mol. The summed E-state index contributed by atoms with van der Waals surface area (Å²) in [4.78, 5) is 0. The highest BCUT2D eigenvalue weighted by Crippen LogP contribution is 2.25. The van der Waals surface area contributed by atoms with E-state index in [-0.39, 0.29) is 12.4 Å². The highest BCUT2D eigenvalue weighted by atomic mass is 35.5. The molecule has 0 spiro atoms. The SMILES string of the molecule is COc1ccc2sc(N)[n+](CCSC)c2c1.[Cl-]. The van der Waals surface area contributed by atoms with Crippen LogP contribution in [0.3, 0.4) is 0 Å². The van der Waals surface area contributed by atoms with Gasteiger partial charge in [-0.15, -0.1) is 0 Å². The summed E-state index contributed by atoms with van der Waals surface area (Å²) in [7, 11) is 1.68. The fourth-order valence-corrected chi connectivity index (χ4v) is 2.92. The van der Waals surface area contributed by atoms with Crippen LogP contribution in [0.4, 0.5) is 5.13 Å². The van der Waals surface area contributed by atoms with E-state index in [9.17, 15) is 0 Å². The Labute approximate surface area is 115 Å². The number of rotatable bonds is 4. The number of nitrogen functional groups attached to an aromatic ring is 1. The van der Waals surface area contributed by atoms with Crippen molar-refractivity contribution in [3.05, 3.63) is 18.2 Å². The van der Waals surface area contributed by atoms with Crippen LogP contribution in [-0.2, 0) is 6.54 Å². The van der Waals surface area contributed by atoms with Crippen molar-refractivity contribution in [3.8, 4) is 5.75 Å². The number of benzene rings is 1. The van der Waals surface area contributed by atoms with E-state index >= 15 is 0 Å². The zero-order chi connectivity index (χ0) is 11.5. The quantitative estimate of drug-likeness (QED) is 0.746. The van der Waals surface area contributed by atoms with Crippen molar-refractivity contribution in [3.63, 3.8) is 0 Å². The molecule has 0 saturated heterocycles. The first-order valence-corrected chi connectivity index (χ1v) is 7.22. The van der Waals surface area contributed by atoms with Gasteiger partial charge >= 0.3 is 5.13 Å². The van der Waals surface area contributed by atoms with E-state index in [1.54, 1.807) is 18.4 Å². The molecule has 0 aliphatic rings. The minimum atomic E-state index is 0. The first-order chi connectivity index (χ1) is 7.76. The molecule has 0 radical (unpaired) electrons. The molecule has 0 saturated carbocycles. The number of hydrogen-bond donors (Lipinski definition) is 1. The third-order valence-electron chi connectivity index (χ3n) is 2.46. The monoisotopic (exact) mass is 290 g/mol. The molecular formula is C11H15ClN2OS2. The van der Waals surface area contributed by atoms with Gasteiger partial charge in [0.05, 0.1) is 11.8 Å². The van der Waals surface area contributed by atoms with Gasteiger partial charge in [-0.2, -0.15) is 11.8 Å². The van der Waals surface area contributed by atoms with Gasteiger partial charge in [-0.1, -0.05) is 0 Å². The number of nitrogens with two attached hydrogens (primary N) is 1. The summed E-state index contributed by atoms with van der Waals surface area (Å²) < 4.78 is 8.60. The minimum absolute atomic E-state index is 0. The fraction of sp³-hybridized carbons (Fsp3) is 0.364. The summed E-state index contributed by atoms with van der Waals surface area (Å²) in [5.41, 5.74) is 7.18. The predicted octanol–water partition coefficient (Wildman–Crippen LogP) is -0.853. The van der Waals surface area contributed by atoms with Crippen LogP contribution in [0, 0.1) is 0 Å². The first-order valence-electron chi connectivity index (χ1n) is 5.01. The first kappa shape index (κ1) is 14.4. The summed E-state index contributed by atoms with van der Waals surface area (Å²) in [5.74, 6) is 1.95. The Morgan fingerprint density at radius 2 is 2.24 bits per heavy atom. The van der Waals surface area contributed by atoms with Gasteiger partial charge in [0.2, 0.25) is 0 Å². The molecule has 1 heterocycles. The van der Waals surface area contributed by atoms with Gasteiger partial charge in [-0.3, -0.25) is 5.73 Å². The van der Waals surface area contributed by atoms with E-state index in [0.29, 0.717) is 0 Å². The van der Waals surface area contributed by atoms with Gasteiger partial charge in [0.25, 0.3) is 0 Å². The highest BCUT2D eigenvalue weighted by molar-refractivity contribution is 7.98. The third kappa shape index (κ3) is 2.97. The molecule has 3 nitrogen and oxygen atoms in total. The van der Waals surface area contributed by atoms with Gasteiger partial charge < -0.3 is 17.1 Å². The second kappa shape index (κ2) is 6.33. The van der Waals surface area contributed by atoms with Gasteiger partial charge in [0, 0.05) is 11.8 Å². The second-order valence-corrected chi connectivity index (χ2v) is 5.47. The molecule has 1 aromatic heterocycles. The zero-order valence-electron chi connectivity index (χ0n) is 9.77. The lowest BCUT2D eigenvalue weighted by Crippen LogP contribution is -3.00. The molecule has 2 rings (SSSR count). The number of hydrogen-bond acceptors (Lipinski definition) is 4. The highest BCUT2D eigenvalue weighted by Gasteiger charge is 2.14. The Morgan fingerprint density at radius 3 is 2.88 bits per heavy atom. The van der Waals surface area contributed by atoms with Crippen molar-refractivity contribution in [2.24, 2.45) is 0 Å². The van der Waals surface area contributed by atoms with E-state index in [1.807, 2.05) is 23.9 Å². The summed E-state index contributed by atoms with van der Waals surface area (Å²) in [6.07, 6.45) is 2.10. The van der Waals surface area contributed by atoms with Crippen LogP contribution in [0.2, 0.25) is 0 Å². The normalized spacial score (nSPS) is 10.2. The number of thiazole rings is 1. The zero-order valence-corrected chi connectivity index (χ0v) is 12.2. The molecule has 0 aliphatic heterocycles. The van der Waals surface area contributed by atoms with E-state index < -0.39 is 0 Å². The van der Waals surface area contributed by atoms with Crippen LogP contribution in [0.1, 0.15) is 0 Å². The molecule has 0 unspecified atom stereocenters. The number of nitrogens with zero attached hydrogens (tertiary/aromatic N) is 1. The molecule has 0 fully saturated rings. The Kier molecular flexibility index (Phi) is 5.36. The van der Waals surface area contributed by atoms with Crippen LogP contribution in [0.5, 0.6) is 5.75 Å². The van der Waals surface area contributed by atoms with Crippen LogP contribution in [0.25, 0.3) is 10.2 Å². The van der Waals surface area contributed by atoms with Crippen molar-refractivity contribution in [1.29, 1.82) is 0 Å². The maximum Gasteiger partial charge on any atom is 0.332 e. The fourth-order valence-electron chi connectivity index (χ4n) is 1.62. The minimum Gasteiger partial charge on any atom is -1.00 e. The Balaban J connectivity index is 0.00000144. The van der Waals surface area contributed by atoms with Crippen LogP contribution in [-0.4, -0.2) is 19.1 Å². The van der Waals surface area contributed by atoms with Crippen LogP contribution >= 0.6 is 23.1 Å². The third-order valence-corrected chi connectivity index (χ3v) is 4.04. The number of thioether (sulfide) groups is 1. The van der Waals surface area contributed by atoms with Crippen molar-refractivity contribution in [1.82, 2.24) is 0 Å². The Hall–Kier alpha value is -0.650. The molecule has 2 aromatic rings. The lowest BCUT2D eigenvalue weighted by atomic mass is 10.3. The molecule has 0 bridgehead atoms. The number of aryl methyl sites for hydroxylation is 1. The molecule has 17 heavy (non-hydrogen) atoms. The van der Waals surface area contributed by atoms with Gasteiger partial charge in [-0.05, 0) is 29.7 Å². The predicted molar refractivity (Wildman–Crippen MR) is 71.4 cm³/mol. The number of halogens is 1. The largest absolute Gasteiger partial charge is 1.00 e. The topological polar surface area (TPSA) is 39.1 Å². The van der Waals surface area contributed by atoms with Crippen molar-refractivity contribution in [2.45, 2.75) is 6.54 Å². The van der Waals surface area contributed by atoms with Gasteiger partial charge in [0.15, 0.2) is 0 Å². The van der Waals surface area contributed by atoms with Crippen molar-refractivity contribution < 1.29 is 21.7 Å². The van der Waals surface area contributed by atoms with E-state index in [2.05, 4.69) is 16.9 Å². The molecular weight excluding hydrogens is 276 g/mol. The second-order valence-electron chi connectivity index (χ2n) is 3.42. The molecule has 94 valence electrons. The van der Waals surface area contributed by atoms with Gasteiger partial charge in [0.1, 0.15) is 17.8 Å². The van der Waals surface area contributed by atoms with Crippen molar-refractivity contribution in [2.75, 3.05) is 24.9 Å². The number of fused-ring (bicyclic) bond motifs is 1. The average Bonchev–Trinajstić information content (AvgIpc) is 2.61. The maximum atomic E-state index is 6.02. The number of anilines is 1. The van der Waals surface area contributed by atoms with Crippen LogP contribution in [0.15, 0.2) is 18.2 Å². The Morgan fingerprint density at radius 1 is 1.47 bits per heavy atom. The van der Waals surface area contributed by atoms with Crippen LogP contribution < -0.4 is 27.4 Å². The molecule has 6 heteroatoms. The number of ether oxygens (including phenoxy) is 1. The summed E-state index contributed by atoms with van der Waals surface area (Å²) in [6, 6.07) is 6.07. The van der Waals surface area contributed by atoms with E-state index in [0.717, 1.165) is 28.7 Å². The summed E-state index contributed by atoms with van der Waals surface area (Å²) >= 11 is 3.45. The molecule has 1 aromatic carbocycles. The summed E-state index contributed by atoms with van der Waals surface area (Å²) in [6.45, 7) is 0.945. The van der Waals surface area contributed by atoms with E-state index in [1.165, 1.54) is 4.70 Å². The maximum absolute atomic E-state index is 6.02.